The zero-order chi connectivity index (χ0) is 9.02. The smallest absolute Gasteiger partial charge is 0.106 e. The quantitative estimate of drug-likeness (QED) is 0.482. The number of hydrogen-bond acceptors (Lipinski definition) is 4. The fourth-order valence-corrected chi connectivity index (χ4v) is 0.922. The van der Waals surface area contributed by atoms with Crippen molar-refractivity contribution in [3.63, 3.8) is 0 Å². The molecule has 0 aromatic rings. The number of nitrogens with zero attached hydrogens (tertiary/aromatic N) is 1. The van der Waals surface area contributed by atoms with Gasteiger partial charge in [0.05, 0.1) is 6.10 Å². The molecule has 4 nitrogen and oxygen atoms in total. The van der Waals surface area contributed by atoms with Crippen LogP contribution in [0.2, 0.25) is 0 Å². The molecule has 11 heavy (non-hydrogen) atoms. The molecule has 0 rings (SSSR count). The SMILES string of the molecule is CC(O)CN(C(C)O)C(C)O. The summed E-state index contributed by atoms with van der Waals surface area (Å²) in [6.45, 7) is 4.98. The second-order valence-electron chi connectivity index (χ2n) is 2.81. The van der Waals surface area contributed by atoms with Gasteiger partial charge in [0.15, 0.2) is 0 Å². The lowest BCUT2D eigenvalue weighted by molar-refractivity contribution is -0.0984. The first-order chi connectivity index (χ1) is 4.95. The second-order valence-corrected chi connectivity index (χ2v) is 2.81. The highest BCUT2D eigenvalue weighted by molar-refractivity contribution is 4.62. The average molecular weight is 163 g/mol. The molecule has 0 aliphatic rings. The third-order valence-electron chi connectivity index (χ3n) is 1.43. The minimum atomic E-state index is -0.732. The molecule has 4 heteroatoms. The molecule has 0 spiro atoms. The van der Waals surface area contributed by atoms with Gasteiger partial charge in [-0.1, -0.05) is 0 Å². The fourth-order valence-electron chi connectivity index (χ4n) is 0.922. The summed E-state index contributed by atoms with van der Waals surface area (Å²) in [7, 11) is 0. The molecule has 0 bridgehead atoms. The van der Waals surface area contributed by atoms with Crippen molar-refractivity contribution in [2.45, 2.75) is 39.3 Å². The molecule has 0 saturated carbocycles. The summed E-state index contributed by atoms with van der Waals surface area (Å²) >= 11 is 0. The van der Waals surface area contributed by atoms with Gasteiger partial charge in [-0.15, -0.1) is 0 Å². The van der Waals surface area contributed by atoms with Crippen molar-refractivity contribution in [3.05, 3.63) is 0 Å². The molecule has 0 aromatic heterocycles. The van der Waals surface area contributed by atoms with Crippen LogP contribution in [0, 0.1) is 0 Å². The molecule has 68 valence electrons. The van der Waals surface area contributed by atoms with E-state index in [1.807, 2.05) is 0 Å². The second kappa shape index (κ2) is 4.66. The molecule has 3 N–H and O–H groups in total. The molecular formula is C7H17NO3. The van der Waals surface area contributed by atoms with E-state index in [9.17, 15) is 0 Å². The highest BCUT2D eigenvalue weighted by Crippen LogP contribution is 2.01. The lowest BCUT2D eigenvalue weighted by Crippen LogP contribution is -2.43. The maximum atomic E-state index is 9.09. The fraction of sp³-hybridized carbons (Fsp3) is 1.00. The highest BCUT2D eigenvalue weighted by Gasteiger charge is 2.17. The van der Waals surface area contributed by atoms with Gasteiger partial charge in [-0.25, -0.2) is 0 Å². The summed E-state index contributed by atoms with van der Waals surface area (Å²) in [5.41, 5.74) is 0. The zero-order valence-corrected chi connectivity index (χ0v) is 7.23. The molecule has 0 aromatic carbocycles. The minimum Gasteiger partial charge on any atom is -0.392 e. The van der Waals surface area contributed by atoms with E-state index < -0.39 is 18.6 Å². The molecule has 0 amide bonds. The van der Waals surface area contributed by atoms with Gasteiger partial charge in [0, 0.05) is 6.54 Å². The number of hydrogen-bond donors (Lipinski definition) is 3. The summed E-state index contributed by atoms with van der Waals surface area (Å²) in [4.78, 5) is 1.39. The van der Waals surface area contributed by atoms with Crippen LogP contribution >= 0.6 is 0 Å². The molecule has 3 atom stereocenters. The first-order valence-electron chi connectivity index (χ1n) is 3.75. The lowest BCUT2D eigenvalue weighted by Gasteiger charge is -2.28. The van der Waals surface area contributed by atoms with Gasteiger partial charge >= 0.3 is 0 Å². The van der Waals surface area contributed by atoms with Gasteiger partial charge in [-0.3, -0.25) is 4.90 Å². The molecule has 3 unspecified atom stereocenters. The Morgan fingerprint density at radius 1 is 1.00 bits per heavy atom. The number of aliphatic hydroxyl groups is 3. The topological polar surface area (TPSA) is 63.9 Å². The van der Waals surface area contributed by atoms with Crippen LogP contribution in [-0.2, 0) is 0 Å². The third-order valence-corrected chi connectivity index (χ3v) is 1.43. The van der Waals surface area contributed by atoms with Crippen molar-refractivity contribution in [3.8, 4) is 0 Å². The van der Waals surface area contributed by atoms with Gasteiger partial charge in [0.1, 0.15) is 12.5 Å². The van der Waals surface area contributed by atoms with Crippen molar-refractivity contribution >= 4 is 0 Å². The van der Waals surface area contributed by atoms with Crippen molar-refractivity contribution in [1.29, 1.82) is 0 Å². The van der Waals surface area contributed by atoms with Crippen molar-refractivity contribution in [1.82, 2.24) is 4.90 Å². The van der Waals surface area contributed by atoms with Gasteiger partial charge in [0.25, 0.3) is 0 Å². The van der Waals surface area contributed by atoms with Crippen LogP contribution in [-0.4, -0.2) is 45.3 Å². The van der Waals surface area contributed by atoms with Gasteiger partial charge in [0.2, 0.25) is 0 Å². The minimum absolute atomic E-state index is 0.273. The van der Waals surface area contributed by atoms with Gasteiger partial charge in [-0.2, -0.15) is 0 Å². The summed E-state index contributed by atoms with van der Waals surface area (Å²) in [6.07, 6.45) is -2.01. The maximum Gasteiger partial charge on any atom is 0.106 e. The predicted octanol–water partition coefficient (Wildman–Crippen LogP) is -0.654. The maximum absolute atomic E-state index is 9.09. The standard InChI is InChI=1S/C7H17NO3/c1-5(9)4-8(6(2)10)7(3)11/h5-7,9-11H,4H2,1-3H3. The van der Waals surface area contributed by atoms with Crippen molar-refractivity contribution in [2.24, 2.45) is 0 Å². The van der Waals surface area contributed by atoms with E-state index in [0.717, 1.165) is 0 Å². The number of aliphatic hydroxyl groups excluding tert-OH is 3. The average Bonchev–Trinajstić information content (AvgIpc) is 1.81. The Hall–Kier alpha value is -0.160. The number of rotatable bonds is 4. The van der Waals surface area contributed by atoms with E-state index >= 15 is 0 Å². The largest absolute Gasteiger partial charge is 0.392 e. The molecule has 0 fully saturated rings. The summed E-state index contributed by atoms with van der Waals surface area (Å²) in [5.74, 6) is 0. The molecule has 0 radical (unpaired) electrons. The Kier molecular flexibility index (Phi) is 4.60. The molecule has 0 heterocycles. The van der Waals surface area contributed by atoms with Crippen molar-refractivity contribution < 1.29 is 15.3 Å². The monoisotopic (exact) mass is 163 g/mol. The van der Waals surface area contributed by atoms with Crippen LogP contribution in [0.4, 0.5) is 0 Å². The van der Waals surface area contributed by atoms with E-state index in [4.69, 9.17) is 15.3 Å². The van der Waals surface area contributed by atoms with Crippen LogP contribution in [0.1, 0.15) is 20.8 Å². The summed E-state index contributed by atoms with van der Waals surface area (Å²) < 4.78 is 0. The van der Waals surface area contributed by atoms with Crippen LogP contribution < -0.4 is 0 Å². The zero-order valence-electron chi connectivity index (χ0n) is 7.23. The first kappa shape index (κ1) is 10.8. The Bertz CT molecular complexity index is 95.9. The van der Waals surface area contributed by atoms with Crippen molar-refractivity contribution in [2.75, 3.05) is 6.54 Å². The van der Waals surface area contributed by atoms with Crippen LogP contribution in [0.3, 0.4) is 0 Å². The predicted molar refractivity (Wildman–Crippen MR) is 41.7 cm³/mol. The molecule has 0 saturated heterocycles. The Labute approximate surface area is 67.1 Å². The van der Waals surface area contributed by atoms with E-state index in [1.54, 1.807) is 20.8 Å². The van der Waals surface area contributed by atoms with E-state index in [1.165, 1.54) is 4.90 Å². The van der Waals surface area contributed by atoms with Crippen LogP contribution in [0.15, 0.2) is 0 Å². The Morgan fingerprint density at radius 3 is 1.45 bits per heavy atom. The normalized spacial score (nSPS) is 19.9. The highest BCUT2D eigenvalue weighted by atomic mass is 16.3. The Morgan fingerprint density at radius 2 is 1.36 bits per heavy atom. The first-order valence-corrected chi connectivity index (χ1v) is 3.75. The Balaban J connectivity index is 3.90. The summed E-state index contributed by atoms with van der Waals surface area (Å²) in [6, 6.07) is 0. The van der Waals surface area contributed by atoms with E-state index in [-0.39, 0.29) is 6.54 Å². The molecule has 0 aliphatic heterocycles. The van der Waals surface area contributed by atoms with E-state index in [0.29, 0.717) is 0 Å². The molecular weight excluding hydrogens is 146 g/mol. The lowest BCUT2D eigenvalue weighted by atomic mass is 10.3. The summed E-state index contributed by atoms with van der Waals surface area (Å²) in [5, 5.41) is 27.1. The van der Waals surface area contributed by atoms with Crippen LogP contribution in [0.25, 0.3) is 0 Å². The third kappa shape index (κ3) is 4.31. The van der Waals surface area contributed by atoms with E-state index in [2.05, 4.69) is 0 Å². The molecule has 0 aliphatic carbocycles. The van der Waals surface area contributed by atoms with Crippen LogP contribution in [0.5, 0.6) is 0 Å². The van der Waals surface area contributed by atoms with Gasteiger partial charge in [-0.05, 0) is 20.8 Å². The van der Waals surface area contributed by atoms with Gasteiger partial charge < -0.3 is 15.3 Å².